The molecule has 0 bridgehead atoms. The van der Waals surface area contributed by atoms with Gasteiger partial charge >= 0.3 is 0 Å². The highest BCUT2D eigenvalue weighted by atomic mass is 16.7. The van der Waals surface area contributed by atoms with Crippen molar-refractivity contribution < 1.29 is 9.63 Å². The van der Waals surface area contributed by atoms with E-state index in [1.54, 1.807) is 0 Å². The van der Waals surface area contributed by atoms with Gasteiger partial charge < -0.3 is 0 Å². The van der Waals surface area contributed by atoms with E-state index in [1.807, 2.05) is 30.3 Å². The third kappa shape index (κ3) is 3.07. The van der Waals surface area contributed by atoms with Crippen molar-refractivity contribution in [1.82, 2.24) is 5.06 Å². The number of rotatable bonds is 3. The van der Waals surface area contributed by atoms with Crippen LogP contribution in [-0.2, 0) is 16.2 Å². The van der Waals surface area contributed by atoms with Crippen molar-refractivity contribution in [2.45, 2.75) is 32.3 Å². The number of carbonyl (C=O) groups is 1. The standard InChI is InChI=1S/C13H17NO2/c15-13-9-5-2-6-10-14(13)16-11-12-7-3-1-4-8-12/h1,3-4,7-8H,2,5-6,9-11H2. The summed E-state index contributed by atoms with van der Waals surface area (Å²) in [7, 11) is 0. The van der Waals surface area contributed by atoms with Crippen LogP contribution in [0.3, 0.4) is 0 Å². The lowest BCUT2D eigenvalue weighted by molar-refractivity contribution is -0.190. The molecule has 1 saturated heterocycles. The molecule has 0 N–H and O–H groups in total. The second-order valence-corrected chi connectivity index (χ2v) is 4.07. The molecule has 0 atom stereocenters. The third-order valence-electron chi connectivity index (χ3n) is 2.76. The van der Waals surface area contributed by atoms with Crippen molar-refractivity contribution in [3.05, 3.63) is 35.9 Å². The Bertz CT molecular complexity index is 337. The normalized spacial score (nSPS) is 17.2. The molecule has 1 heterocycles. The van der Waals surface area contributed by atoms with Crippen LogP contribution >= 0.6 is 0 Å². The molecule has 1 aliphatic rings. The summed E-state index contributed by atoms with van der Waals surface area (Å²) < 4.78 is 0. The molecule has 86 valence electrons. The molecule has 0 aliphatic carbocycles. The number of hydroxylamine groups is 2. The monoisotopic (exact) mass is 219 g/mol. The van der Waals surface area contributed by atoms with Gasteiger partial charge in [0.05, 0.1) is 0 Å². The summed E-state index contributed by atoms with van der Waals surface area (Å²) >= 11 is 0. The summed E-state index contributed by atoms with van der Waals surface area (Å²) in [6.45, 7) is 1.21. The topological polar surface area (TPSA) is 29.5 Å². The molecular formula is C13H17NO2. The number of hydrogen-bond donors (Lipinski definition) is 0. The largest absolute Gasteiger partial charge is 0.273 e. The van der Waals surface area contributed by atoms with E-state index >= 15 is 0 Å². The Balaban J connectivity index is 1.86. The Morgan fingerprint density at radius 3 is 2.75 bits per heavy atom. The Morgan fingerprint density at radius 2 is 1.94 bits per heavy atom. The van der Waals surface area contributed by atoms with Crippen LogP contribution in [0.25, 0.3) is 0 Å². The van der Waals surface area contributed by atoms with Crippen molar-refractivity contribution in [3.8, 4) is 0 Å². The fraction of sp³-hybridized carbons (Fsp3) is 0.462. The maximum atomic E-state index is 11.6. The summed E-state index contributed by atoms with van der Waals surface area (Å²) in [4.78, 5) is 17.2. The zero-order valence-electron chi connectivity index (χ0n) is 9.39. The van der Waals surface area contributed by atoms with E-state index in [-0.39, 0.29) is 5.91 Å². The number of benzene rings is 1. The Kier molecular flexibility index (Phi) is 3.94. The maximum absolute atomic E-state index is 11.6. The van der Waals surface area contributed by atoms with E-state index in [9.17, 15) is 4.79 Å². The second-order valence-electron chi connectivity index (χ2n) is 4.07. The molecule has 1 aromatic rings. The highest BCUT2D eigenvalue weighted by molar-refractivity contribution is 5.75. The molecule has 0 aromatic heterocycles. The van der Waals surface area contributed by atoms with Gasteiger partial charge in [-0.2, -0.15) is 0 Å². The maximum Gasteiger partial charge on any atom is 0.246 e. The zero-order valence-corrected chi connectivity index (χ0v) is 9.39. The van der Waals surface area contributed by atoms with Crippen LogP contribution in [0.1, 0.15) is 31.2 Å². The molecule has 16 heavy (non-hydrogen) atoms. The first kappa shape index (κ1) is 11.1. The minimum absolute atomic E-state index is 0.119. The van der Waals surface area contributed by atoms with Crippen LogP contribution in [0.4, 0.5) is 0 Å². The van der Waals surface area contributed by atoms with Crippen LogP contribution in [0, 0.1) is 0 Å². The summed E-state index contributed by atoms with van der Waals surface area (Å²) in [6, 6.07) is 9.93. The molecule has 0 spiro atoms. The highest BCUT2D eigenvalue weighted by Gasteiger charge is 2.16. The first-order valence-electron chi connectivity index (χ1n) is 5.83. The van der Waals surface area contributed by atoms with Crippen LogP contribution in [0.2, 0.25) is 0 Å². The van der Waals surface area contributed by atoms with Gasteiger partial charge in [-0.05, 0) is 18.4 Å². The molecular weight excluding hydrogens is 202 g/mol. The number of amides is 1. The lowest BCUT2D eigenvalue weighted by Crippen LogP contribution is -2.30. The molecule has 0 saturated carbocycles. The Hall–Kier alpha value is -1.35. The van der Waals surface area contributed by atoms with Crippen molar-refractivity contribution >= 4 is 5.91 Å². The minimum Gasteiger partial charge on any atom is -0.273 e. The summed E-state index contributed by atoms with van der Waals surface area (Å²) in [5.41, 5.74) is 1.10. The van der Waals surface area contributed by atoms with Gasteiger partial charge in [-0.15, -0.1) is 0 Å². The van der Waals surface area contributed by atoms with Crippen LogP contribution in [-0.4, -0.2) is 17.5 Å². The minimum atomic E-state index is 0.119. The van der Waals surface area contributed by atoms with Crippen LogP contribution in [0.15, 0.2) is 30.3 Å². The number of hydrogen-bond acceptors (Lipinski definition) is 2. The zero-order chi connectivity index (χ0) is 11.2. The van der Waals surface area contributed by atoms with E-state index in [1.165, 1.54) is 5.06 Å². The van der Waals surface area contributed by atoms with Gasteiger partial charge in [0, 0.05) is 13.0 Å². The third-order valence-corrected chi connectivity index (χ3v) is 2.76. The summed E-state index contributed by atoms with van der Waals surface area (Å²) in [6.07, 6.45) is 3.77. The van der Waals surface area contributed by atoms with E-state index in [0.717, 1.165) is 31.4 Å². The van der Waals surface area contributed by atoms with Gasteiger partial charge in [0.15, 0.2) is 0 Å². The average Bonchev–Trinajstić information content (AvgIpc) is 2.53. The van der Waals surface area contributed by atoms with Gasteiger partial charge in [0.1, 0.15) is 6.61 Å². The smallest absolute Gasteiger partial charge is 0.246 e. The quantitative estimate of drug-likeness (QED) is 0.781. The second kappa shape index (κ2) is 5.66. The van der Waals surface area contributed by atoms with Gasteiger partial charge in [-0.1, -0.05) is 36.8 Å². The van der Waals surface area contributed by atoms with E-state index in [2.05, 4.69) is 0 Å². The molecule has 3 nitrogen and oxygen atoms in total. The van der Waals surface area contributed by atoms with Crippen molar-refractivity contribution in [2.75, 3.05) is 6.54 Å². The molecule has 1 aromatic carbocycles. The van der Waals surface area contributed by atoms with Gasteiger partial charge in [0.25, 0.3) is 0 Å². The molecule has 1 amide bonds. The fourth-order valence-electron chi connectivity index (χ4n) is 1.82. The van der Waals surface area contributed by atoms with Gasteiger partial charge in [-0.3, -0.25) is 9.63 Å². The van der Waals surface area contributed by atoms with Crippen LogP contribution in [0.5, 0.6) is 0 Å². The molecule has 1 fully saturated rings. The SMILES string of the molecule is O=C1CCCCCN1OCc1ccccc1. The lowest BCUT2D eigenvalue weighted by Gasteiger charge is -2.19. The highest BCUT2D eigenvalue weighted by Crippen LogP contribution is 2.12. The molecule has 0 unspecified atom stereocenters. The Labute approximate surface area is 96.0 Å². The first-order chi connectivity index (χ1) is 7.86. The van der Waals surface area contributed by atoms with E-state index in [4.69, 9.17) is 4.84 Å². The van der Waals surface area contributed by atoms with Gasteiger partial charge in [0.2, 0.25) is 5.91 Å². The fourth-order valence-corrected chi connectivity index (χ4v) is 1.82. The van der Waals surface area contributed by atoms with Gasteiger partial charge in [-0.25, -0.2) is 5.06 Å². The molecule has 2 rings (SSSR count). The number of carbonyl (C=O) groups excluding carboxylic acids is 1. The molecule has 0 radical (unpaired) electrons. The summed E-state index contributed by atoms with van der Waals surface area (Å²) in [5, 5.41) is 1.53. The molecule has 1 aliphatic heterocycles. The van der Waals surface area contributed by atoms with Crippen LogP contribution < -0.4 is 0 Å². The van der Waals surface area contributed by atoms with E-state index in [0.29, 0.717) is 13.0 Å². The van der Waals surface area contributed by atoms with E-state index < -0.39 is 0 Å². The lowest BCUT2D eigenvalue weighted by atomic mass is 10.2. The number of nitrogens with zero attached hydrogens (tertiary/aromatic N) is 1. The average molecular weight is 219 g/mol. The van der Waals surface area contributed by atoms with Crippen molar-refractivity contribution in [3.63, 3.8) is 0 Å². The molecule has 3 heteroatoms. The summed E-state index contributed by atoms with van der Waals surface area (Å²) in [5.74, 6) is 0.119. The predicted octanol–water partition coefficient (Wildman–Crippen LogP) is 2.52. The predicted molar refractivity (Wildman–Crippen MR) is 61.4 cm³/mol. The van der Waals surface area contributed by atoms with Crippen molar-refractivity contribution in [2.24, 2.45) is 0 Å². The first-order valence-corrected chi connectivity index (χ1v) is 5.83. The van der Waals surface area contributed by atoms with Crippen molar-refractivity contribution in [1.29, 1.82) is 0 Å². The Morgan fingerprint density at radius 1 is 1.12 bits per heavy atom.